The number of nitrogens with two attached hydrogens (primary N) is 1. The summed E-state index contributed by atoms with van der Waals surface area (Å²) in [4.78, 5) is 8.31. The summed E-state index contributed by atoms with van der Waals surface area (Å²) in [6, 6.07) is 5.47. The van der Waals surface area contributed by atoms with Gasteiger partial charge in [-0.25, -0.2) is 15.2 Å². The smallest absolute Gasteiger partial charge is 0.239 e. The van der Waals surface area contributed by atoms with Gasteiger partial charge < -0.3 is 5.32 Å². The van der Waals surface area contributed by atoms with Gasteiger partial charge in [-0.2, -0.15) is 4.98 Å². The number of anilines is 2. The van der Waals surface area contributed by atoms with Gasteiger partial charge in [-0.3, -0.25) is 5.43 Å². The Morgan fingerprint density at radius 1 is 1.10 bits per heavy atom. The predicted octanol–water partition coefficient (Wildman–Crippen LogP) is 2.44. The van der Waals surface area contributed by atoms with E-state index in [-0.39, 0.29) is 5.82 Å². The molecule has 1 aromatic heterocycles. The Kier molecular flexibility index (Phi) is 4.14. The van der Waals surface area contributed by atoms with Crippen LogP contribution in [-0.2, 0) is 6.54 Å². The highest BCUT2D eigenvalue weighted by atomic mass is 19.1. The zero-order chi connectivity index (χ0) is 14.7. The van der Waals surface area contributed by atoms with Gasteiger partial charge >= 0.3 is 0 Å². The van der Waals surface area contributed by atoms with Gasteiger partial charge in [0.25, 0.3) is 0 Å². The summed E-state index contributed by atoms with van der Waals surface area (Å²) < 4.78 is 13.6. The minimum Gasteiger partial charge on any atom is -0.366 e. The summed E-state index contributed by atoms with van der Waals surface area (Å²) in [6.45, 7) is 5.94. The molecule has 0 aliphatic rings. The monoisotopic (exact) mass is 275 g/mol. The van der Waals surface area contributed by atoms with Crippen molar-refractivity contribution in [2.45, 2.75) is 27.3 Å². The number of aromatic nitrogens is 2. The van der Waals surface area contributed by atoms with Crippen molar-refractivity contribution in [3.05, 3.63) is 46.4 Å². The number of hydrogen-bond acceptors (Lipinski definition) is 5. The zero-order valence-corrected chi connectivity index (χ0v) is 11.8. The molecule has 5 nitrogen and oxygen atoms in total. The lowest BCUT2D eigenvalue weighted by Crippen LogP contribution is -2.12. The maximum Gasteiger partial charge on any atom is 0.239 e. The first-order valence-corrected chi connectivity index (χ1v) is 6.31. The molecule has 4 N–H and O–H groups in total. The highest BCUT2D eigenvalue weighted by Crippen LogP contribution is 2.16. The predicted molar refractivity (Wildman–Crippen MR) is 77.8 cm³/mol. The molecule has 2 aromatic rings. The van der Waals surface area contributed by atoms with E-state index in [1.165, 1.54) is 0 Å². The van der Waals surface area contributed by atoms with Crippen molar-refractivity contribution in [2.24, 2.45) is 5.84 Å². The normalized spacial score (nSPS) is 10.4. The van der Waals surface area contributed by atoms with Gasteiger partial charge in [-0.05, 0) is 37.5 Å². The molecule has 0 unspecified atom stereocenters. The lowest BCUT2D eigenvalue weighted by Gasteiger charge is -2.10. The first kappa shape index (κ1) is 14.2. The van der Waals surface area contributed by atoms with Crippen LogP contribution >= 0.6 is 0 Å². The lowest BCUT2D eigenvalue weighted by atomic mass is 10.1. The summed E-state index contributed by atoms with van der Waals surface area (Å²) in [5.41, 5.74) is 5.51. The van der Waals surface area contributed by atoms with Crippen molar-refractivity contribution in [1.82, 2.24) is 9.97 Å². The first-order chi connectivity index (χ1) is 9.49. The van der Waals surface area contributed by atoms with Crippen LogP contribution in [0, 0.1) is 26.6 Å². The standard InChI is InChI=1S/C14H18FN5/c1-8-4-11(5-9(2)13(8)15)7-17-12-6-10(3)18-14(19-12)20-16/h4-6H,7,16H2,1-3H3,(H2,17,18,19,20). The highest BCUT2D eigenvalue weighted by molar-refractivity contribution is 5.42. The van der Waals surface area contributed by atoms with Gasteiger partial charge in [-0.15, -0.1) is 0 Å². The maximum atomic E-state index is 13.6. The van der Waals surface area contributed by atoms with E-state index in [4.69, 9.17) is 5.84 Å². The molecular formula is C14H18FN5. The van der Waals surface area contributed by atoms with Crippen molar-refractivity contribution >= 4 is 11.8 Å². The third-order valence-corrected chi connectivity index (χ3v) is 2.95. The molecule has 0 atom stereocenters. The SMILES string of the molecule is Cc1cc(NCc2cc(C)c(F)c(C)c2)nc(NN)n1. The number of halogens is 1. The third kappa shape index (κ3) is 3.21. The molecule has 2 rings (SSSR count). The van der Waals surface area contributed by atoms with E-state index in [1.54, 1.807) is 13.8 Å². The minimum absolute atomic E-state index is 0.152. The Bertz CT molecular complexity index is 604. The number of nitrogens with one attached hydrogen (secondary N) is 2. The fourth-order valence-corrected chi connectivity index (χ4v) is 2.05. The summed E-state index contributed by atoms with van der Waals surface area (Å²) in [6.07, 6.45) is 0. The van der Waals surface area contributed by atoms with Crippen LogP contribution in [0.1, 0.15) is 22.4 Å². The van der Waals surface area contributed by atoms with Crippen LogP contribution in [0.4, 0.5) is 16.2 Å². The van der Waals surface area contributed by atoms with Gasteiger partial charge in [-0.1, -0.05) is 12.1 Å². The van der Waals surface area contributed by atoms with E-state index in [0.29, 0.717) is 29.4 Å². The topological polar surface area (TPSA) is 75.9 Å². The van der Waals surface area contributed by atoms with Crippen LogP contribution in [0.3, 0.4) is 0 Å². The van der Waals surface area contributed by atoms with Crippen molar-refractivity contribution in [1.29, 1.82) is 0 Å². The van der Waals surface area contributed by atoms with E-state index in [1.807, 2.05) is 25.1 Å². The van der Waals surface area contributed by atoms with Crippen molar-refractivity contribution < 1.29 is 4.39 Å². The van der Waals surface area contributed by atoms with Crippen LogP contribution in [0.2, 0.25) is 0 Å². The largest absolute Gasteiger partial charge is 0.366 e. The third-order valence-electron chi connectivity index (χ3n) is 2.95. The van der Waals surface area contributed by atoms with E-state index < -0.39 is 0 Å². The molecule has 0 spiro atoms. The van der Waals surface area contributed by atoms with Crippen molar-refractivity contribution in [3.8, 4) is 0 Å². The van der Waals surface area contributed by atoms with Crippen molar-refractivity contribution in [2.75, 3.05) is 10.7 Å². The molecule has 0 radical (unpaired) electrons. The fourth-order valence-electron chi connectivity index (χ4n) is 2.05. The van der Waals surface area contributed by atoms with E-state index in [9.17, 15) is 4.39 Å². The number of hydrazine groups is 1. The van der Waals surface area contributed by atoms with Crippen LogP contribution in [0.25, 0.3) is 0 Å². The molecule has 0 saturated carbocycles. The second kappa shape index (κ2) is 5.83. The number of aryl methyl sites for hydroxylation is 3. The fraction of sp³-hybridized carbons (Fsp3) is 0.286. The number of nitrogens with zero attached hydrogens (tertiary/aromatic N) is 2. The number of nitrogen functional groups attached to an aromatic ring is 1. The van der Waals surface area contributed by atoms with E-state index in [2.05, 4.69) is 20.7 Å². The summed E-state index contributed by atoms with van der Waals surface area (Å²) in [5, 5.41) is 3.18. The van der Waals surface area contributed by atoms with Crippen LogP contribution in [0.15, 0.2) is 18.2 Å². The number of rotatable bonds is 4. The van der Waals surface area contributed by atoms with Crippen LogP contribution in [-0.4, -0.2) is 9.97 Å². The Hall–Kier alpha value is -2.21. The average molecular weight is 275 g/mol. The van der Waals surface area contributed by atoms with Crippen molar-refractivity contribution in [3.63, 3.8) is 0 Å². The highest BCUT2D eigenvalue weighted by Gasteiger charge is 2.05. The summed E-state index contributed by atoms with van der Waals surface area (Å²) in [7, 11) is 0. The first-order valence-electron chi connectivity index (χ1n) is 6.31. The van der Waals surface area contributed by atoms with E-state index >= 15 is 0 Å². The molecule has 0 fully saturated rings. The molecule has 1 aromatic carbocycles. The molecule has 0 bridgehead atoms. The van der Waals surface area contributed by atoms with Crippen LogP contribution in [0.5, 0.6) is 0 Å². The van der Waals surface area contributed by atoms with Crippen LogP contribution < -0.4 is 16.6 Å². The molecule has 106 valence electrons. The quantitative estimate of drug-likeness (QED) is 0.590. The molecular weight excluding hydrogens is 257 g/mol. The molecule has 1 heterocycles. The van der Waals surface area contributed by atoms with E-state index in [0.717, 1.165) is 11.3 Å². The second-order valence-corrected chi connectivity index (χ2v) is 4.76. The molecule has 0 saturated heterocycles. The minimum atomic E-state index is -0.152. The maximum absolute atomic E-state index is 13.6. The Morgan fingerprint density at radius 2 is 1.75 bits per heavy atom. The summed E-state index contributed by atoms with van der Waals surface area (Å²) in [5.74, 6) is 6.19. The van der Waals surface area contributed by atoms with Gasteiger partial charge in [0.1, 0.15) is 11.6 Å². The Morgan fingerprint density at radius 3 is 2.35 bits per heavy atom. The number of benzene rings is 1. The molecule has 20 heavy (non-hydrogen) atoms. The summed E-state index contributed by atoms with van der Waals surface area (Å²) >= 11 is 0. The van der Waals surface area contributed by atoms with Gasteiger partial charge in [0.2, 0.25) is 5.95 Å². The Labute approximate surface area is 117 Å². The molecule has 6 heteroatoms. The second-order valence-electron chi connectivity index (χ2n) is 4.76. The number of hydrogen-bond donors (Lipinski definition) is 3. The average Bonchev–Trinajstić information content (AvgIpc) is 2.41. The molecule has 0 amide bonds. The Balaban J connectivity index is 2.14. The van der Waals surface area contributed by atoms with Gasteiger partial charge in [0.05, 0.1) is 0 Å². The lowest BCUT2D eigenvalue weighted by molar-refractivity contribution is 0.608. The zero-order valence-electron chi connectivity index (χ0n) is 11.8. The molecule has 0 aliphatic heterocycles. The van der Waals surface area contributed by atoms with Gasteiger partial charge in [0.15, 0.2) is 0 Å². The molecule has 0 aliphatic carbocycles. The van der Waals surface area contributed by atoms with Gasteiger partial charge in [0, 0.05) is 18.3 Å².